The Kier molecular flexibility index (Phi) is 11.4. The predicted molar refractivity (Wildman–Crippen MR) is 232 cm³/mol. The van der Waals surface area contributed by atoms with Crippen molar-refractivity contribution >= 4 is 12.3 Å². The Morgan fingerprint density at radius 3 is 1.93 bits per heavy atom. The number of amides is 2. The molecule has 4 heterocycles. The first kappa shape index (κ1) is 39.8. The third kappa shape index (κ3) is 7.42. The van der Waals surface area contributed by atoms with Crippen molar-refractivity contribution in [3.8, 4) is 33.6 Å². The first-order valence-electron chi connectivity index (χ1n) is 21.8. The number of likely N-dealkylation sites (tertiary alicyclic amines) is 2. The summed E-state index contributed by atoms with van der Waals surface area (Å²) in [5.41, 5.74) is 11.9. The number of nitrogens with zero attached hydrogens (tertiary/aromatic N) is 4. The van der Waals surface area contributed by atoms with Gasteiger partial charge in [0.15, 0.2) is 0 Å². The fourth-order valence-corrected chi connectivity index (χ4v) is 10.4. The van der Waals surface area contributed by atoms with Crippen LogP contribution < -0.4 is 5.32 Å². The highest BCUT2D eigenvalue weighted by atomic mass is 16.2. The number of carbonyl (C=O) groups excluding carboxylic acids is 2. The summed E-state index contributed by atoms with van der Waals surface area (Å²) in [5, 5.41) is 3.29. The highest BCUT2D eigenvalue weighted by Gasteiger charge is 2.45. The topological polar surface area (TPSA) is 110 Å². The number of nitrogens with one attached hydrogen (secondary N) is 3. The van der Waals surface area contributed by atoms with Crippen LogP contribution in [-0.4, -0.2) is 67.2 Å². The van der Waals surface area contributed by atoms with Crippen LogP contribution in [0.3, 0.4) is 0 Å². The van der Waals surface area contributed by atoms with Gasteiger partial charge in [0.1, 0.15) is 11.6 Å². The summed E-state index contributed by atoms with van der Waals surface area (Å²) < 4.78 is 0. The molecule has 2 aliphatic heterocycles. The van der Waals surface area contributed by atoms with Crippen LogP contribution in [0, 0.1) is 17.8 Å². The fourth-order valence-electron chi connectivity index (χ4n) is 10.4. The number of H-pyrrole nitrogens is 2. The zero-order valence-electron chi connectivity index (χ0n) is 35.4. The van der Waals surface area contributed by atoms with Gasteiger partial charge in [-0.3, -0.25) is 9.59 Å². The molecule has 6 aliphatic rings. The van der Waals surface area contributed by atoms with Crippen molar-refractivity contribution in [2.75, 3.05) is 7.05 Å². The normalized spacial score (nSPS) is 23.7. The molecule has 9 heteroatoms. The number of aromatic amines is 2. The maximum atomic E-state index is 14.0. The number of carbonyl (C=O) groups is 2. The first-order valence-corrected chi connectivity index (χ1v) is 21.8. The van der Waals surface area contributed by atoms with Gasteiger partial charge in [-0.2, -0.15) is 0 Å². The number of hydrogen-bond acceptors (Lipinski definition) is 5. The Labute approximate surface area is 344 Å². The predicted octanol–water partition coefficient (Wildman–Crippen LogP) is 9.27. The van der Waals surface area contributed by atoms with Crippen LogP contribution in [0.15, 0.2) is 73.1 Å². The van der Waals surface area contributed by atoms with E-state index in [0.29, 0.717) is 11.8 Å². The Morgan fingerprint density at radius 1 is 0.759 bits per heavy atom. The molecule has 4 bridgehead atoms. The van der Waals surface area contributed by atoms with E-state index >= 15 is 0 Å². The second-order valence-corrected chi connectivity index (χ2v) is 17.7. The van der Waals surface area contributed by atoms with Crippen LogP contribution in [0.1, 0.15) is 113 Å². The number of likely N-dealkylation sites (N-methyl/N-ethyl adjacent to an activating group) is 1. The van der Waals surface area contributed by atoms with Crippen molar-refractivity contribution in [1.29, 1.82) is 0 Å². The number of aryl methyl sites for hydroxylation is 4. The van der Waals surface area contributed by atoms with Gasteiger partial charge in [-0.25, -0.2) is 9.97 Å². The first-order chi connectivity index (χ1) is 28.1. The van der Waals surface area contributed by atoms with Crippen LogP contribution in [0.25, 0.3) is 33.6 Å². The summed E-state index contributed by atoms with van der Waals surface area (Å²) in [6.07, 6.45) is 12.6. The van der Waals surface area contributed by atoms with Crippen molar-refractivity contribution in [3.63, 3.8) is 0 Å². The number of aromatic nitrogens is 4. The molecule has 9 nitrogen and oxygen atoms in total. The van der Waals surface area contributed by atoms with Gasteiger partial charge < -0.3 is 25.1 Å². The van der Waals surface area contributed by atoms with Crippen molar-refractivity contribution in [2.45, 2.75) is 123 Å². The molecule has 0 radical (unpaired) electrons. The van der Waals surface area contributed by atoms with Gasteiger partial charge in [-0.05, 0) is 116 Å². The van der Waals surface area contributed by atoms with Gasteiger partial charge in [-0.15, -0.1) is 0 Å². The van der Waals surface area contributed by atoms with Gasteiger partial charge in [0.25, 0.3) is 0 Å². The van der Waals surface area contributed by atoms with E-state index in [0.717, 1.165) is 86.4 Å². The largest absolute Gasteiger partial charge is 0.346 e. The lowest BCUT2D eigenvalue weighted by Crippen LogP contribution is -2.50. The number of benzene rings is 3. The average molecular weight is 780 g/mol. The molecule has 58 heavy (non-hydrogen) atoms. The summed E-state index contributed by atoms with van der Waals surface area (Å²) in [7, 11) is 1.89. The molecule has 2 fully saturated rings. The standard InChI is InChI=1S/C49H61N7O2/c1-8-38-22-30(5)45(55(38)28-57)47-51-26-42(53-47)37-20-18-35(19-21-37)40-24-32-10-14-34(40)15-11-33-13-17-36(16-12-32)41(25-33)43-27-52-48(54-43)46-31(6)23-39(9-2)56(46)49(58)44(50-7)29(3)4/h10,13-14,17-21,24-31,38-39,44-46,50H,8-9,11-12,15-16,22-23H2,1-7H3,(H,51,53)(H,52,54). The van der Waals surface area contributed by atoms with Crippen LogP contribution in [0.2, 0.25) is 0 Å². The minimum Gasteiger partial charge on any atom is -0.346 e. The minimum atomic E-state index is -0.223. The number of rotatable bonds is 11. The minimum absolute atomic E-state index is 0.0186. The van der Waals surface area contributed by atoms with E-state index in [9.17, 15) is 9.59 Å². The second kappa shape index (κ2) is 16.7. The van der Waals surface area contributed by atoms with Gasteiger partial charge >= 0.3 is 0 Å². The molecular weight excluding hydrogens is 719 g/mol. The Morgan fingerprint density at radius 2 is 1.31 bits per heavy atom. The highest BCUT2D eigenvalue weighted by Crippen LogP contribution is 2.43. The molecule has 0 saturated carbocycles. The molecule has 3 aromatic carbocycles. The fraction of sp³-hybridized carbons (Fsp3) is 0.469. The van der Waals surface area contributed by atoms with E-state index < -0.39 is 0 Å². The summed E-state index contributed by atoms with van der Waals surface area (Å²) in [6, 6.07) is 22.9. The van der Waals surface area contributed by atoms with Crippen molar-refractivity contribution in [1.82, 2.24) is 35.1 Å². The maximum Gasteiger partial charge on any atom is 0.240 e. The smallest absolute Gasteiger partial charge is 0.240 e. The summed E-state index contributed by atoms with van der Waals surface area (Å²) in [4.78, 5) is 47.4. The second-order valence-electron chi connectivity index (χ2n) is 17.7. The van der Waals surface area contributed by atoms with Gasteiger partial charge in [0.05, 0.1) is 29.5 Å². The lowest BCUT2D eigenvalue weighted by molar-refractivity contribution is -0.138. The Bertz CT molecular complexity index is 2240. The molecule has 2 amide bonds. The lowest BCUT2D eigenvalue weighted by atomic mass is 9.88. The summed E-state index contributed by atoms with van der Waals surface area (Å²) >= 11 is 0. The molecule has 7 unspecified atom stereocenters. The van der Waals surface area contributed by atoms with Gasteiger partial charge in [0, 0.05) is 35.6 Å². The van der Waals surface area contributed by atoms with E-state index in [1.165, 1.54) is 38.9 Å². The van der Waals surface area contributed by atoms with E-state index in [1.54, 1.807) is 0 Å². The number of hydrogen-bond donors (Lipinski definition) is 3. The maximum absolute atomic E-state index is 14.0. The van der Waals surface area contributed by atoms with E-state index in [1.807, 2.05) is 18.1 Å². The van der Waals surface area contributed by atoms with E-state index in [4.69, 9.17) is 9.97 Å². The molecule has 2 saturated heterocycles. The Balaban J connectivity index is 1.02. The molecular formula is C49H61N7O2. The highest BCUT2D eigenvalue weighted by molar-refractivity contribution is 5.83. The quantitative estimate of drug-likeness (QED) is 0.116. The summed E-state index contributed by atoms with van der Waals surface area (Å²) in [6.45, 7) is 13.0. The van der Waals surface area contributed by atoms with Gasteiger partial charge in [0.2, 0.25) is 12.3 Å². The lowest BCUT2D eigenvalue weighted by Gasteiger charge is -2.34. The van der Waals surface area contributed by atoms with Crippen molar-refractivity contribution in [2.24, 2.45) is 17.8 Å². The average Bonchev–Trinajstić information content (AvgIpc) is 4.03. The molecule has 4 aliphatic carbocycles. The molecule has 0 spiro atoms. The van der Waals surface area contributed by atoms with Crippen molar-refractivity contribution < 1.29 is 9.59 Å². The molecule has 7 atom stereocenters. The third-order valence-electron chi connectivity index (χ3n) is 13.6. The zero-order valence-corrected chi connectivity index (χ0v) is 35.4. The molecule has 2 aromatic heterocycles. The molecule has 304 valence electrons. The molecule has 3 N–H and O–H groups in total. The van der Waals surface area contributed by atoms with Crippen LogP contribution in [0.5, 0.6) is 0 Å². The summed E-state index contributed by atoms with van der Waals surface area (Å²) in [5.74, 6) is 2.79. The third-order valence-corrected chi connectivity index (χ3v) is 13.6. The Hall–Kier alpha value is -5.02. The van der Waals surface area contributed by atoms with Gasteiger partial charge in [-0.1, -0.05) is 96.1 Å². The molecule has 5 aromatic rings. The monoisotopic (exact) mass is 779 g/mol. The number of imidazole rings is 2. The van der Waals surface area contributed by atoms with E-state index in [2.05, 4.69) is 129 Å². The van der Waals surface area contributed by atoms with E-state index in [-0.39, 0.29) is 42.0 Å². The van der Waals surface area contributed by atoms with Crippen molar-refractivity contribution in [3.05, 3.63) is 107 Å². The van der Waals surface area contributed by atoms with Crippen LogP contribution in [-0.2, 0) is 35.3 Å². The zero-order chi connectivity index (χ0) is 40.7. The van der Waals surface area contributed by atoms with Crippen LogP contribution in [0.4, 0.5) is 0 Å². The SMILES string of the molecule is CCC1CC(C)C(c2nc(-c3ccc(-c4cc5ccc4CCc4ccc(c(-c6c[nH]c(C7C(C)CC(CC)N7C(=O)C(NC)C(C)C)n6)c4)CC5)cc3)c[nH]2)N1C=O. The van der Waals surface area contributed by atoms with Crippen LogP contribution >= 0.6 is 0 Å². The molecule has 11 rings (SSSR count).